The van der Waals surface area contributed by atoms with Crippen molar-refractivity contribution in [3.05, 3.63) is 35.9 Å². The smallest absolute Gasteiger partial charge is 0.303 e. The first kappa shape index (κ1) is 17.5. The first-order valence-corrected chi connectivity index (χ1v) is 9.47. The Labute approximate surface area is 135 Å². The van der Waals surface area contributed by atoms with E-state index in [0.29, 0.717) is 19.3 Å². The third-order valence-corrected chi connectivity index (χ3v) is 5.81. The zero-order valence-electron chi connectivity index (χ0n) is 12.8. The summed E-state index contributed by atoms with van der Waals surface area (Å²) in [5.41, 5.74) is 0.852. The van der Waals surface area contributed by atoms with Gasteiger partial charge in [0.1, 0.15) is 9.84 Å². The number of benzene rings is 1. The number of hydrogen-bond donors (Lipinski definition) is 2. The van der Waals surface area contributed by atoms with E-state index in [1.165, 1.54) is 0 Å². The Morgan fingerprint density at radius 3 is 2.35 bits per heavy atom. The number of hydrogen-bond acceptors (Lipinski definition) is 4. The molecule has 0 bridgehead atoms. The number of aliphatic carboxylic acids is 1. The van der Waals surface area contributed by atoms with Crippen LogP contribution < -0.4 is 5.32 Å². The second-order valence-electron chi connectivity index (χ2n) is 5.83. The number of carbonyl (C=O) groups is 2. The van der Waals surface area contributed by atoms with Crippen molar-refractivity contribution in [2.45, 2.75) is 31.7 Å². The van der Waals surface area contributed by atoms with Gasteiger partial charge in [0.15, 0.2) is 0 Å². The first-order chi connectivity index (χ1) is 10.9. The highest BCUT2D eigenvalue weighted by Crippen LogP contribution is 2.23. The lowest BCUT2D eigenvalue weighted by atomic mass is 9.98. The van der Waals surface area contributed by atoms with Crippen molar-refractivity contribution < 1.29 is 23.1 Å². The highest BCUT2D eigenvalue weighted by Gasteiger charge is 2.29. The second-order valence-corrected chi connectivity index (χ2v) is 8.13. The molecule has 1 aliphatic rings. The minimum Gasteiger partial charge on any atom is -0.481 e. The number of nitrogens with one attached hydrogen (secondary N) is 1. The van der Waals surface area contributed by atoms with E-state index in [1.54, 1.807) is 0 Å². The molecular formula is C16H21NO5S. The molecule has 7 heteroatoms. The van der Waals surface area contributed by atoms with Gasteiger partial charge in [-0.25, -0.2) is 8.42 Å². The van der Waals surface area contributed by atoms with Crippen LogP contribution in [0.3, 0.4) is 0 Å². The standard InChI is InChI=1S/C16H21NO5S/c18-15(19)7-6-14(12-4-2-1-3-5-12)17-16(20)13-8-10-23(21,22)11-9-13/h1-5,13-14H,6-11H2,(H,17,20)(H,18,19). The summed E-state index contributed by atoms with van der Waals surface area (Å²) in [5, 5.41) is 11.8. The van der Waals surface area contributed by atoms with Crippen molar-refractivity contribution in [3.8, 4) is 0 Å². The summed E-state index contributed by atoms with van der Waals surface area (Å²) in [6.07, 6.45) is 0.915. The number of rotatable bonds is 6. The van der Waals surface area contributed by atoms with Gasteiger partial charge in [0.05, 0.1) is 17.5 Å². The second kappa shape index (κ2) is 7.59. The van der Waals surface area contributed by atoms with Gasteiger partial charge >= 0.3 is 5.97 Å². The van der Waals surface area contributed by atoms with Crippen molar-refractivity contribution in [2.75, 3.05) is 11.5 Å². The molecule has 1 fully saturated rings. The van der Waals surface area contributed by atoms with Crippen molar-refractivity contribution in [2.24, 2.45) is 5.92 Å². The number of carboxylic acid groups (broad SMARTS) is 1. The molecule has 0 radical (unpaired) electrons. The van der Waals surface area contributed by atoms with Crippen LogP contribution in [0.15, 0.2) is 30.3 Å². The summed E-state index contributed by atoms with van der Waals surface area (Å²) in [5.74, 6) is -1.36. The van der Waals surface area contributed by atoms with Crippen LogP contribution in [0.1, 0.15) is 37.3 Å². The average molecular weight is 339 g/mol. The van der Waals surface area contributed by atoms with E-state index >= 15 is 0 Å². The third kappa shape index (κ3) is 5.35. The van der Waals surface area contributed by atoms with Gasteiger partial charge in [0.2, 0.25) is 5.91 Å². The quantitative estimate of drug-likeness (QED) is 0.818. The maximum Gasteiger partial charge on any atom is 0.303 e. The van der Waals surface area contributed by atoms with E-state index in [0.717, 1.165) is 5.56 Å². The van der Waals surface area contributed by atoms with Crippen molar-refractivity contribution in [1.82, 2.24) is 5.32 Å². The molecule has 1 aliphatic heterocycles. The summed E-state index contributed by atoms with van der Waals surface area (Å²) in [6, 6.07) is 8.84. The predicted molar refractivity (Wildman–Crippen MR) is 85.6 cm³/mol. The lowest BCUT2D eigenvalue weighted by Gasteiger charge is -2.25. The largest absolute Gasteiger partial charge is 0.481 e. The van der Waals surface area contributed by atoms with Crippen LogP contribution in [0.5, 0.6) is 0 Å². The monoisotopic (exact) mass is 339 g/mol. The van der Waals surface area contributed by atoms with Crippen molar-refractivity contribution >= 4 is 21.7 Å². The molecule has 1 atom stereocenters. The zero-order chi connectivity index (χ0) is 16.9. The molecule has 126 valence electrons. The zero-order valence-corrected chi connectivity index (χ0v) is 13.6. The average Bonchev–Trinajstić information content (AvgIpc) is 2.51. The number of carboxylic acids is 1. The molecule has 1 unspecified atom stereocenters. The van der Waals surface area contributed by atoms with Gasteiger partial charge < -0.3 is 10.4 Å². The molecule has 0 spiro atoms. The molecule has 6 nitrogen and oxygen atoms in total. The maximum absolute atomic E-state index is 12.4. The molecule has 0 aliphatic carbocycles. The van der Waals surface area contributed by atoms with E-state index < -0.39 is 15.8 Å². The number of sulfone groups is 1. The SMILES string of the molecule is O=C(O)CCC(NC(=O)C1CCS(=O)(=O)CC1)c1ccccc1. The van der Waals surface area contributed by atoms with Gasteiger partial charge in [-0.15, -0.1) is 0 Å². The molecule has 1 aromatic carbocycles. The van der Waals surface area contributed by atoms with Gasteiger partial charge in [0.25, 0.3) is 0 Å². The van der Waals surface area contributed by atoms with E-state index in [4.69, 9.17) is 5.11 Å². The maximum atomic E-state index is 12.4. The van der Waals surface area contributed by atoms with Crippen LogP contribution in [0.25, 0.3) is 0 Å². The van der Waals surface area contributed by atoms with Gasteiger partial charge in [-0.1, -0.05) is 30.3 Å². The van der Waals surface area contributed by atoms with Gasteiger partial charge in [-0.2, -0.15) is 0 Å². The Hall–Kier alpha value is -1.89. The highest BCUT2D eigenvalue weighted by molar-refractivity contribution is 7.91. The number of amides is 1. The molecule has 1 amide bonds. The minimum atomic E-state index is -3.01. The van der Waals surface area contributed by atoms with E-state index in [1.807, 2.05) is 30.3 Å². The van der Waals surface area contributed by atoms with Gasteiger partial charge in [-0.3, -0.25) is 9.59 Å². The molecule has 2 rings (SSSR count). The molecule has 0 saturated carbocycles. The molecule has 1 heterocycles. The predicted octanol–water partition coefficient (Wildman–Crippen LogP) is 1.53. The highest BCUT2D eigenvalue weighted by atomic mass is 32.2. The Morgan fingerprint density at radius 1 is 1.17 bits per heavy atom. The fraction of sp³-hybridized carbons (Fsp3) is 0.500. The van der Waals surface area contributed by atoms with Crippen molar-refractivity contribution in [3.63, 3.8) is 0 Å². The van der Waals surface area contributed by atoms with Crippen LogP contribution in [0, 0.1) is 5.92 Å². The Bertz CT molecular complexity index is 642. The van der Waals surface area contributed by atoms with Gasteiger partial charge in [0, 0.05) is 12.3 Å². The van der Waals surface area contributed by atoms with E-state index in [9.17, 15) is 18.0 Å². The lowest BCUT2D eigenvalue weighted by molar-refractivity contribution is -0.137. The Kier molecular flexibility index (Phi) is 5.76. The van der Waals surface area contributed by atoms with Gasteiger partial charge in [-0.05, 0) is 24.8 Å². The number of carbonyl (C=O) groups excluding carboxylic acids is 1. The summed E-state index contributed by atoms with van der Waals surface area (Å²) < 4.78 is 22.9. The van der Waals surface area contributed by atoms with Crippen LogP contribution in [-0.4, -0.2) is 36.9 Å². The fourth-order valence-electron chi connectivity index (χ4n) is 2.72. The molecule has 23 heavy (non-hydrogen) atoms. The third-order valence-electron chi connectivity index (χ3n) is 4.09. The van der Waals surface area contributed by atoms with Crippen LogP contribution in [0.2, 0.25) is 0 Å². The molecule has 2 N–H and O–H groups in total. The van der Waals surface area contributed by atoms with Crippen LogP contribution in [0.4, 0.5) is 0 Å². The van der Waals surface area contributed by atoms with E-state index in [-0.39, 0.29) is 35.8 Å². The summed E-state index contributed by atoms with van der Waals surface area (Å²) in [6.45, 7) is 0. The molecule has 0 aromatic heterocycles. The summed E-state index contributed by atoms with van der Waals surface area (Å²) in [7, 11) is -3.01. The Morgan fingerprint density at radius 2 is 1.78 bits per heavy atom. The fourth-order valence-corrected chi connectivity index (χ4v) is 4.21. The Balaban J connectivity index is 2.02. The van der Waals surface area contributed by atoms with Crippen LogP contribution in [-0.2, 0) is 19.4 Å². The normalized spacial score (nSPS) is 19.0. The molecular weight excluding hydrogens is 318 g/mol. The summed E-state index contributed by atoms with van der Waals surface area (Å²) >= 11 is 0. The molecule has 1 saturated heterocycles. The minimum absolute atomic E-state index is 0.0379. The lowest BCUT2D eigenvalue weighted by Crippen LogP contribution is -2.38. The summed E-state index contributed by atoms with van der Waals surface area (Å²) in [4.78, 5) is 23.2. The molecule has 1 aromatic rings. The van der Waals surface area contributed by atoms with Crippen LogP contribution >= 0.6 is 0 Å². The van der Waals surface area contributed by atoms with Crippen molar-refractivity contribution in [1.29, 1.82) is 0 Å². The first-order valence-electron chi connectivity index (χ1n) is 7.65. The van der Waals surface area contributed by atoms with E-state index in [2.05, 4.69) is 5.32 Å². The topological polar surface area (TPSA) is 101 Å².